The Hall–Kier alpha value is -1.60. The molecule has 0 atom stereocenters. The molecule has 116 valence electrons. The lowest BCUT2D eigenvalue weighted by molar-refractivity contribution is -0.121. The predicted molar refractivity (Wildman–Crippen MR) is 72.2 cm³/mol. The second kappa shape index (κ2) is 7.42. The highest BCUT2D eigenvalue weighted by Crippen LogP contribution is 2.12. The van der Waals surface area contributed by atoms with E-state index in [1.807, 2.05) is 4.72 Å². The number of hydrogen-bond acceptors (Lipinski definition) is 3. The highest BCUT2D eigenvalue weighted by molar-refractivity contribution is 7.87. The van der Waals surface area contributed by atoms with Gasteiger partial charge in [-0.3, -0.25) is 0 Å². The van der Waals surface area contributed by atoms with Crippen LogP contribution in [0.4, 0.5) is 13.2 Å². The summed E-state index contributed by atoms with van der Waals surface area (Å²) < 4.78 is 61.9. The first-order valence-corrected chi connectivity index (χ1v) is 7.29. The summed E-state index contributed by atoms with van der Waals surface area (Å²) in [6.07, 6.45) is -4.60. The molecule has 0 heterocycles. The molecule has 0 saturated carbocycles. The van der Waals surface area contributed by atoms with Crippen LogP contribution >= 0.6 is 0 Å². The number of nitrogens with two attached hydrogens (primary N) is 1. The highest BCUT2D eigenvalue weighted by Gasteiger charge is 2.29. The first kappa shape index (κ1) is 17.5. The van der Waals surface area contributed by atoms with Crippen LogP contribution in [0.25, 0.3) is 0 Å². The standard InChI is InChI=1S/C12H14F3N3O2S/c13-12(14,15)9-18-21(19,20)17-8-11-4-1-3-10(7-11)5-2-6-16/h1,3-4,7,17-18H,6,8-9,16H2. The van der Waals surface area contributed by atoms with Crippen LogP contribution in [0.1, 0.15) is 11.1 Å². The van der Waals surface area contributed by atoms with Crippen LogP contribution in [0.15, 0.2) is 24.3 Å². The van der Waals surface area contributed by atoms with Gasteiger partial charge in [-0.1, -0.05) is 24.0 Å². The molecule has 1 aromatic carbocycles. The van der Waals surface area contributed by atoms with Crippen LogP contribution in [-0.2, 0) is 16.8 Å². The molecule has 0 unspecified atom stereocenters. The molecule has 0 aliphatic heterocycles. The fourth-order valence-electron chi connectivity index (χ4n) is 1.32. The molecule has 0 aliphatic rings. The number of rotatable bonds is 5. The zero-order chi connectivity index (χ0) is 15.9. The van der Waals surface area contributed by atoms with Crippen molar-refractivity contribution >= 4 is 10.2 Å². The van der Waals surface area contributed by atoms with Gasteiger partial charge in [-0.2, -0.15) is 31.0 Å². The smallest absolute Gasteiger partial charge is 0.320 e. The summed E-state index contributed by atoms with van der Waals surface area (Å²) in [5, 5.41) is 0. The van der Waals surface area contributed by atoms with E-state index >= 15 is 0 Å². The van der Waals surface area contributed by atoms with E-state index in [-0.39, 0.29) is 13.1 Å². The second-order valence-corrected chi connectivity index (χ2v) is 5.55. The SMILES string of the molecule is NCC#Cc1cccc(CNS(=O)(=O)NCC(F)(F)F)c1. The molecule has 0 radical (unpaired) electrons. The Balaban J connectivity index is 2.62. The number of hydrogen-bond donors (Lipinski definition) is 3. The van der Waals surface area contributed by atoms with Gasteiger partial charge in [0.25, 0.3) is 10.2 Å². The summed E-state index contributed by atoms with van der Waals surface area (Å²) in [7, 11) is -4.22. The van der Waals surface area contributed by atoms with Crippen LogP contribution in [0.5, 0.6) is 0 Å². The second-order valence-electron chi connectivity index (χ2n) is 3.97. The molecule has 1 aromatic rings. The first-order chi connectivity index (χ1) is 9.72. The molecule has 0 bridgehead atoms. The largest absolute Gasteiger partial charge is 0.402 e. The van der Waals surface area contributed by atoms with Crippen LogP contribution < -0.4 is 15.2 Å². The van der Waals surface area contributed by atoms with E-state index in [0.29, 0.717) is 11.1 Å². The minimum Gasteiger partial charge on any atom is -0.320 e. The van der Waals surface area contributed by atoms with Gasteiger partial charge in [-0.15, -0.1) is 0 Å². The summed E-state index contributed by atoms with van der Waals surface area (Å²) in [5.74, 6) is 5.41. The maximum atomic E-state index is 11.9. The van der Waals surface area contributed by atoms with Gasteiger partial charge in [-0.25, -0.2) is 0 Å². The van der Waals surface area contributed by atoms with Gasteiger partial charge >= 0.3 is 6.18 Å². The lowest BCUT2D eigenvalue weighted by Gasteiger charge is -2.10. The zero-order valence-corrected chi connectivity index (χ0v) is 11.7. The van der Waals surface area contributed by atoms with Crippen molar-refractivity contribution in [2.24, 2.45) is 5.73 Å². The van der Waals surface area contributed by atoms with Gasteiger partial charge in [0.05, 0.1) is 6.54 Å². The Morgan fingerprint density at radius 3 is 2.57 bits per heavy atom. The van der Waals surface area contributed by atoms with E-state index in [9.17, 15) is 21.6 Å². The Morgan fingerprint density at radius 2 is 1.95 bits per heavy atom. The van der Waals surface area contributed by atoms with E-state index in [1.54, 1.807) is 24.3 Å². The molecule has 21 heavy (non-hydrogen) atoms. The van der Waals surface area contributed by atoms with E-state index in [0.717, 1.165) is 0 Å². The Kier molecular flexibility index (Phi) is 6.17. The molecular weight excluding hydrogens is 307 g/mol. The van der Waals surface area contributed by atoms with Crippen molar-refractivity contribution in [1.29, 1.82) is 0 Å². The molecule has 1 rings (SSSR count). The molecule has 0 saturated heterocycles. The fourth-order valence-corrected chi connectivity index (χ4v) is 2.13. The lowest BCUT2D eigenvalue weighted by atomic mass is 10.1. The predicted octanol–water partition coefficient (Wildman–Crippen LogP) is 0.483. The average molecular weight is 321 g/mol. The molecule has 0 amide bonds. The van der Waals surface area contributed by atoms with Crippen molar-refractivity contribution in [2.45, 2.75) is 12.7 Å². The number of alkyl halides is 3. The van der Waals surface area contributed by atoms with Gasteiger partial charge in [-0.05, 0) is 17.7 Å². The normalized spacial score (nSPS) is 11.8. The molecule has 9 heteroatoms. The first-order valence-electron chi connectivity index (χ1n) is 5.81. The third kappa shape index (κ3) is 7.67. The molecule has 0 fully saturated rings. The maximum absolute atomic E-state index is 11.9. The topological polar surface area (TPSA) is 84.2 Å². The summed E-state index contributed by atoms with van der Waals surface area (Å²) >= 11 is 0. The van der Waals surface area contributed by atoms with Crippen LogP contribution in [0.2, 0.25) is 0 Å². The minimum atomic E-state index is -4.60. The van der Waals surface area contributed by atoms with Crippen molar-refractivity contribution in [3.8, 4) is 11.8 Å². The van der Waals surface area contributed by atoms with Gasteiger partial charge in [0.15, 0.2) is 0 Å². The molecule has 5 nitrogen and oxygen atoms in total. The lowest BCUT2D eigenvalue weighted by Crippen LogP contribution is -2.41. The van der Waals surface area contributed by atoms with Crippen molar-refractivity contribution < 1.29 is 21.6 Å². The fraction of sp³-hybridized carbons (Fsp3) is 0.333. The number of halogens is 3. The van der Waals surface area contributed by atoms with E-state index in [1.165, 1.54) is 4.72 Å². The molecule has 0 aliphatic carbocycles. The van der Waals surface area contributed by atoms with Crippen molar-refractivity contribution in [2.75, 3.05) is 13.1 Å². The Labute approximate surface area is 120 Å². The third-order valence-electron chi connectivity index (χ3n) is 2.19. The molecular formula is C12H14F3N3O2S. The Morgan fingerprint density at radius 1 is 1.24 bits per heavy atom. The maximum Gasteiger partial charge on any atom is 0.402 e. The van der Waals surface area contributed by atoms with Crippen molar-refractivity contribution in [1.82, 2.24) is 9.44 Å². The summed E-state index contributed by atoms with van der Waals surface area (Å²) in [4.78, 5) is 0. The van der Waals surface area contributed by atoms with Gasteiger partial charge in [0.2, 0.25) is 0 Å². The minimum absolute atomic E-state index is 0.147. The Bertz CT molecular complexity index is 633. The van der Waals surface area contributed by atoms with E-state index in [4.69, 9.17) is 5.73 Å². The molecule has 0 aromatic heterocycles. The van der Waals surface area contributed by atoms with Gasteiger partial charge < -0.3 is 5.73 Å². The molecule has 4 N–H and O–H groups in total. The average Bonchev–Trinajstić information content (AvgIpc) is 2.41. The van der Waals surface area contributed by atoms with Crippen LogP contribution in [0.3, 0.4) is 0 Å². The van der Waals surface area contributed by atoms with Gasteiger partial charge in [0, 0.05) is 12.1 Å². The van der Waals surface area contributed by atoms with Crippen molar-refractivity contribution in [3.63, 3.8) is 0 Å². The van der Waals surface area contributed by atoms with Crippen LogP contribution in [0, 0.1) is 11.8 Å². The highest BCUT2D eigenvalue weighted by atomic mass is 32.2. The number of benzene rings is 1. The monoisotopic (exact) mass is 321 g/mol. The number of nitrogens with one attached hydrogen (secondary N) is 2. The van der Waals surface area contributed by atoms with E-state index in [2.05, 4.69) is 11.8 Å². The summed E-state index contributed by atoms with van der Waals surface area (Å²) in [5.41, 5.74) is 6.44. The summed E-state index contributed by atoms with van der Waals surface area (Å²) in [6.45, 7) is -1.58. The molecule has 0 spiro atoms. The zero-order valence-electron chi connectivity index (χ0n) is 10.9. The van der Waals surface area contributed by atoms with Crippen molar-refractivity contribution in [3.05, 3.63) is 35.4 Å². The third-order valence-corrected chi connectivity index (χ3v) is 3.24. The summed E-state index contributed by atoms with van der Waals surface area (Å²) in [6, 6.07) is 6.62. The van der Waals surface area contributed by atoms with E-state index < -0.39 is 22.9 Å². The van der Waals surface area contributed by atoms with Gasteiger partial charge in [0.1, 0.15) is 6.54 Å². The quantitative estimate of drug-likeness (QED) is 0.690. The van der Waals surface area contributed by atoms with Crippen LogP contribution in [-0.4, -0.2) is 27.7 Å².